The van der Waals surface area contributed by atoms with Crippen LogP contribution in [0.15, 0.2) is 237 Å². The third-order valence-corrected chi connectivity index (χ3v) is 14.9. The van der Waals surface area contributed by atoms with E-state index in [1.54, 1.807) is 142 Å². The summed E-state index contributed by atoms with van der Waals surface area (Å²) >= 11 is 0. The topological polar surface area (TPSA) is 362 Å². The molecule has 5 heterocycles. The molecule has 33 heteroatoms. The molecular weight excluding hydrogens is 1440 g/mol. The molecule has 8 amide bonds. The standard InChI is InChI=1S/C23H17FN4O4.C19H16FN3O3.C17H9F4N3O3.C17H12FN3O3/c1-14(15-9-11-25-12-10-15)31-23(30)27-21(29)17-6-4-5-16(13-17)20-26-22(32-28-20)18-7-2-3-8-19(18)24;1-11(2)17(24)22-18(25)13-7-5-6-12(10-13)16-21-19(26-23-16)14-8-3-4-9-15(14)20;18-12-7-2-1-6-11(12)15-22-13(24-27-15)9-4-3-5-10(8-9)14(25)23-16(26)17(19,20)21;1-10(22)19-16(23)12-6-4-5-11(9-12)15-20-17(24-21-15)13-7-2-3-8-14(13)18/h2-14H,1H3,(H,27,29,30);3-11H,1-2H3,(H,22,24,25);1-8H,(H,23,25,26);2-9H,1H3,(H,19,22,23). The van der Waals surface area contributed by atoms with E-state index in [1.165, 1.54) is 109 Å². The SMILES string of the molecule is CC(=O)NC(=O)c1cccc(-c2noc(-c3ccccc3F)n2)c1.CC(C)C(=O)NC(=O)c1cccc(-c2noc(-c3ccccc3F)n2)c1.CC(OC(=O)NC(=O)c1cccc(-c2noc(-c3ccccc3F)n2)c1)c1ccncc1.O=C(NC(=O)C(F)(F)F)c1cccc(-c2noc(-c3ccccc3F)n2)c1. The highest BCUT2D eigenvalue weighted by molar-refractivity contribution is 6.07. The Morgan fingerprint density at radius 2 is 0.688 bits per heavy atom. The van der Waals surface area contributed by atoms with E-state index >= 15 is 0 Å². The third-order valence-electron chi connectivity index (χ3n) is 14.9. The minimum atomic E-state index is -5.18. The van der Waals surface area contributed by atoms with Gasteiger partial charge >= 0.3 is 18.2 Å². The number of imide groups is 4. The van der Waals surface area contributed by atoms with Gasteiger partial charge in [-0.3, -0.25) is 59.8 Å². The Labute approximate surface area is 610 Å². The molecule has 550 valence electrons. The largest absolute Gasteiger partial charge is 0.471 e. The first-order chi connectivity index (χ1) is 52.3. The summed E-state index contributed by atoms with van der Waals surface area (Å²) in [6.45, 7) is 6.33. The van der Waals surface area contributed by atoms with Crippen molar-refractivity contribution >= 4 is 47.4 Å². The molecule has 5 aromatic heterocycles. The number of aromatic nitrogens is 9. The first kappa shape index (κ1) is 77.0. The van der Waals surface area contributed by atoms with Crippen molar-refractivity contribution in [1.29, 1.82) is 0 Å². The fourth-order valence-corrected chi connectivity index (χ4v) is 9.40. The predicted octanol–water partition coefficient (Wildman–Crippen LogP) is 14.2. The lowest BCUT2D eigenvalue weighted by molar-refractivity contribution is -0.172. The lowest BCUT2D eigenvalue weighted by Crippen LogP contribution is -2.40. The van der Waals surface area contributed by atoms with Crippen LogP contribution in [-0.2, 0) is 19.1 Å². The van der Waals surface area contributed by atoms with Gasteiger partial charge in [0.05, 0.1) is 22.3 Å². The average Bonchev–Trinajstić information content (AvgIpc) is 1.71. The summed E-state index contributed by atoms with van der Waals surface area (Å²) in [5.74, 6) is -7.84. The van der Waals surface area contributed by atoms with Gasteiger partial charge in [0.15, 0.2) is 0 Å². The van der Waals surface area contributed by atoms with Gasteiger partial charge in [0.25, 0.3) is 47.2 Å². The molecule has 1 unspecified atom stereocenters. The Morgan fingerprint density at radius 3 is 0.991 bits per heavy atom. The zero-order valence-corrected chi connectivity index (χ0v) is 56.9. The van der Waals surface area contributed by atoms with Crippen LogP contribution < -0.4 is 21.3 Å². The van der Waals surface area contributed by atoms with Gasteiger partial charge in [-0.1, -0.05) is 132 Å². The Balaban J connectivity index is 0.000000156. The van der Waals surface area contributed by atoms with E-state index in [9.17, 15) is 69.1 Å². The first-order valence-corrected chi connectivity index (χ1v) is 32.0. The van der Waals surface area contributed by atoms with E-state index < -0.39 is 77.1 Å². The van der Waals surface area contributed by atoms with Crippen LogP contribution in [0.4, 0.5) is 35.5 Å². The van der Waals surface area contributed by atoms with E-state index in [0.29, 0.717) is 16.7 Å². The van der Waals surface area contributed by atoms with Crippen molar-refractivity contribution < 1.29 is 91.9 Å². The van der Waals surface area contributed by atoms with Gasteiger partial charge in [-0.25, -0.2) is 22.4 Å². The monoisotopic (exact) mass is 1490 g/mol. The molecule has 0 fully saturated rings. The van der Waals surface area contributed by atoms with Crippen molar-refractivity contribution in [3.8, 4) is 91.4 Å². The summed E-state index contributed by atoms with van der Waals surface area (Å²) in [5, 5.41) is 23.1. The van der Waals surface area contributed by atoms with E-state index in [0.717, 1.165) is 5.56 Å². The third kappa shape index (κ3) is 20.4. The molecular formula is C76H54F7N13O13. The molecule has 0 bridgehead atoms. The number of halogens is 7. The number of ether oxygens (including phenoxy) is 1. The number of pyridine rings is 1. The summed E-state index contributed by atoms with van der Waals surface area (Å²) in [6, 6.07) is 51.6. The lowest BCUT2D eigenvalue weighted by Gasteiger charge is -2.13. The number of benzene rings is 8. The highest BCUT2D eigenvalue weighted by atomic mass is 19.4. The maximum Gasteiger partial charge on any atom is 0.471 e. The summed E-state index contributed by atoms with van der Waals surface area (Å²) in [5.41, 5.74) is 3.63. The molecule has 1 atom stereocenters. The molecule has 4 N–H and O–H groups in total. The van der Waals surface area contributed by atoms with E-state index in [4.69, 9.17) is 22.8 Å². The summed E-state index contributed by atoms with van der Waals surface area (Å²) in [6.07, 6.45) is -3.46. The van der Waals surface area contributed by atoms with Gasteiger partial charge in [0.2, 0.25) is 35.1 Å². The number of nitrogens with zero attached hydrogens (tertiary/aromatic N) is 9. The van der Waals surface area contributed by atoms with Gasteiger partial charge in [0.1, 0.15) is 29.4 Å². The predicted molar refractivity (Wildman–Crippen MR) is 371 cm³/mol. The average molecular weight is 1490 g/mol. The van der Waals surface area contributed by atoms with Crippen molar-refractivity contribution in [2.45, 2.75) is 40.0 Å². The molecule has 26 nitrogen and oxygen atoms in total. The van der Waals surface area contributed by atoms with Crippen LogP contribution in [0.3, 0.4) is 0 Å². The maximum atomic E-state index is 13.9. The molecule has 0 aliphatic carbocycles. The second kappa shape index (κ2) is 35.2. The van der Waals surface area contributed by atoms with Gasteiger partial charge in [0, 0.05) is 69.7 Å². The van der Waals surface area contributed by atoms with Crippen LogP contribution >= 0.6 is 0 Å². The number of amides is 8. The summed E-state index contributed by atoms with van der Waals surface area (Å²) < 4.78 is 118. The zero-order chi connectivity index (χ0) is 77.9. The van der Waals surface area contributed by atoms with E-state index in [2.05, 4.69) is 61.5 Å². The number of carbonyl (C=O) groups is 8. The minimum Gasteiger partial charge on any atom is -0.441 e. The second-order valence-electron chi connectivity index (χ2n) is 23.0. The summed E-state index contributed by atoms with van der Waals surface area (Å²) in [4.78, 5) is 114. The number of alkyl halides is 3. The lowest BCUT2D eigenvalue weighted by atomic mass is 10.1. The van der Waals surface area contributed by atoms with Crippen LogP contribution in [-0.4, -0.2) is 99.2 Å². The molecule has 0 aliphatic rings. The van der Waals surface area contributed by atoms with Crippen molar-refractivity contribution in [2.75, 3.05) is 0 Å². The molecule has 109 heavy (non-hydrogen) atoms. The molecule has 8 aromatic carbocycles. The van der Waals surface area contributed by atoms with E-state index in [1.807, 2.05) is 0 Å². The van der Waals surface area contributed by atoms with Crippen molar-refractivity contribution in [3.05, 3.63) is 270 Å². The van der Waals surface area contributed by atoms with Crippen LogP contribution in [0, 0.1) is 29.2 Å². The van der Waals surface area contributed by atoms with Gasteiger partial charge in [-0.2, -0.15) is 33.1 Å². The van der Waals surface area contributed by atoms with Crippen molar-refractivity contribution in [2.24, 2.45) is 5.92 Å². The van der Waals surface area contributed by atoms with Crippen LogP contribution in [0.5, 0.6) is 0 Å². The fourth-order valence-electron chi connectivity index (χ4n) is 9.40. The van der Waals surface area contributed by atoms with Crippen LogP contribution in [0.2, 0.25) is 0 Å². The van der Waals surface area contributed by atoms with Gasteiger partial charge in [-0.05, 0) is 122 Å². The minimum absolute atomic E-state index is 0.00921. The number of hydrogen-bond donors (Lipinski definition) is 4. The van der Waals surface area contributed by atoms with Crippen LogP contribution in [0.1, 0.15) is 80.8 Å². The first-order valence-electron chi connectivity index (χ1n) is 32.0. The fraction of sp³-hybridized carbons (Fsp3) is 0.0921. The van der Waals surface area contributed by atoms with Gasteiger partial charge < -0.3 is 22.8 Å². The Bertz CT molecular complexity index is 5500. The normalized spacial score (nSPS) is 11.0. The number of hydrogen-bond acceptors (Lipinski definition) is 22. The Morgan fingerprint density at radius 1 is 0.385 bits per heavy atom. The molecule has 0 radical (unpaired) electrons. The quantitative estimate of drug-likeness (QED) is 0.0693. The highest BCUT2D eigenvalue weighted by Crippen LogP contribution is 2.30. The maximum absolute atomic E-state index is 13.9. The molecule has 13 aromatic rings. The zero-order valence-electron chi connectivity index (χ0n) is 56.9. The van der Waals surface area contributed by atoms with Crippen molar-refractivity contribution in [1.82, 2.24) is 66.8 Å². The van der Waals surface area contributed by atoms with Crippen molar-refractivity contribution in [3.63, 3.8) is 0 Å². The molecule has 0 saturated heterocycles. The molecule has 0 spiro atoms. The molecule has 13 rings (SSSR count). The van der Waals surface area contributed by atoms with Crippen LogP contribution in [0.25, 0.3) is 91.4 Å². The molecule has 0 aliphatic heterocycles. The number of alkyl carbamates (subject to hydrolysis) is 1. The Kier molecular flexibility index (Phi) is 24.9. The number of rotatable bonds is 15. The number of carbonyl (C=O) groups excluding carboxylic acids is 8. The van der Waals surface area contributed by atoms with E-state index in [-0.39, 0.29) is 109 Å². The molecule has 0 saturated carbocycles. The Hall–Kier alpha value is -14.7. The summed E-state index contributed by atoms with van der Waals surface area (Å²) in [7, 11) is 0. The highest BCUT2D eigenvalue weighted by Gasteiger charge is 2.40. The smallest absolute Gasteiger partial charge is 0.441 e. The number of nitrogens with one attached hydrogen (secondary N) is 4. The van der Waals surface area contributed by atoms with Gasteiger partial charge in [-0.15, -0.1) is 0 Å². The second-order valence-corrected chi connectivity index (χ2v) is 23.0.